The van der Waals surface area contributed by atoms with Crippen LogP contribution in [-0.4, -0.2) is 50.6 Å². The van der Waals surface area contributed by atoms with Gasteiger partial charge >= 0.3 is 5.97 Å². The molecule has 1 aromatic rings. The number of morpholine rings is 1. The Morgan fingerprint density at radius 3 is 3.00 bits per heavy atom. The van der Waals surface area contributed by atoms with Gasteiger partial charge in [0.1, 0.15) is 0 Å². The number of methoxy groups -OCH3 is 1. The Balaban J connectivity index is 2.41. The monoisotopic (exact) mass is 280 g/mol. The number of hydrogen-bond donors (Lipinski definition) is 2. The van der Waals surface area contributed by atoms with E-state index in [9.17, 15) is 9.90 Å². The van der Waals surface area contributed by atoms with Crippen LogP contribution in [0.2, 0.25) is 0 Å². The first kappa shape index (κ1) is 14.6. The Morgan fingerprint density at radius 2 is 2.35 bits per heavy atom. The van der Waals surface area contributed by atoms with Gasteiger partial charge in [-0.25, -0.2) is 4.79 Å². The molecule has 0 aromatic heterocycles. The lowest BCUT2D eigenvalue weighted by Gasteiger charge is -2.36. The highest BCUT2D eigenvalue weighted by Crippen LogP contribution is 2.28. The number of anilines is 2. The molecule has 0 bridgehead atoms. The zero-order valence-electron chi connectivity index (χ0n) is 11.8. The topological polar surface area (TPSA) is 85.0 Å². The first-order chi connectivity index (χ1) is 9.58. The quantitative estimate of drug-likeness (QED) is 0.621. The normalized spacial score (nSPS) is 18.9. The van der Waals surface area contributed by atoms with Crippen molar-refractivity contribution in [2.75, 3.05) is 44.1 Å². The molecule has 0 aliphatic carbocycles. The zero-order chi connectivity index (χ0) is 14.7. The number of rotatable bonds is 3. The number of carbonyl (C=O) groups excluding carboxylic acids is 1. The third kappa shape index (κ3) is 2.71. The van der Waals surface area contributed by atoms with Crippen molar-refractivity contribution >= 4 is 17.3 Å². The second kappa shape index (κ2) is 6.11. The number of nitrogens with two attached hydrogens (primary N) is 1. The molecule has 6 nitrogen and oxygen atoms in total. The van der Waals surface area contributed by atoms with Gasteiger partial charge in [-0.05, 0) is 24.6 Å². The Hall–Kier alpha value is -1.79. The molecule has 1 aliphatic heterocycles. The predicted octanol–water partition coefficient (Wildman–Crippen LogP) is 0.561. The van der Waals surface area contributed by atoms with Crippen molar-refractivity contribution in [2.45, 2.75) is 13.0 Å². The van der Waals surface area contributed by atoms with E-state index in [4.69, 9.17) is 15.2 Å². The minimum Gasteiger partial charge on any atom is -0.465 e. The molecule has 1 unspecified atom stereocenters. The summed E-state index contributed by atoms with van der Waals surface area (Å²) in [4.78, 5) is 13.8. The van der Waals surface area contributed by atoms with E-state index >= 15 is 0 Å². The Kier molecular flexibility index (Phi) is 4.46. The summed E-state index contributed by atoms with van der Waals surface area (Å²) >= 11 is 0. The van der Waals surface area contributed by atoms with Crippen molar-refractivity contribution in [2.24, 2.45) is 0 Å². The van der Waals surface area contributed by atoms with Crippen molar-refractivity contribution in [1.82, 2.24) is 0 Å². The van der Waals surface area contributed by atoms with Crippen LogP contribution in [-0.2, 0) is 9.47 Å². The van der Waals surface area contributed by atoms with Crippen LogP contribution in [0.25, 0.3) is 0 Å². The fourth-order valence-electron chi connectivity index (χ4n) is 2.37. The highest BCUT2D eigenvalue weighted by molar-refractivity contribution is 5.97. The van der Waals surface area contributed by atoms with Gasteiger partial charge in [0.15, 0.2) is 0 Å². The first-order valence-corrected chi connectivity index (χ1v) is 6.52. The number of nitrogen functional groups attached to an aromatic ring is 1. The van der Waals surface area contributed by atoms with Crippen molar-refractivity contribution < 1.29 is 19.4 Å². The molecule has 1 aliphatic rings. The Bertz CT molecular complexity index is 504. The minimum atomic E-state index is -0.457. The zero-order valence-corrected chi connectivity index (χ0v) is 11.8. The van der Waals surface area contributed by atoms with Crippen LogP contribution >= 0.6 is 0 Å². The van der Waals surface area contributed by atoms with E-state index in [0.717, 1.165) is 11.3 Å². The van der Waals surface area contributed by atoms with Crippen LogP contribution in [0.4, 0.5) is 11.4 Å². The molecule has 1 aromatic carbocycles. The molecule has 2 rings (SSSR count). The fraction of sp³-hybridized carbons (Fsp3) is 0.500. The van der Waals surface area contributed by atoms with Gasteiger partial charge in [-0.15, -0.1) is 0 Å². The molecule has 6 heteroatoms. The summed E-state index contributed by atoms with van der Waals surface area (Å²) in [6.45, 7) is 3.56. The van der Waals surface area contributed by atoms with E-state index in [2.05, 4.69) is 0 Å². The van der Waals surface area contributed by atoms with Crippen molar-refractivity contribution in [3.8, 4) is 0 Å². The molecule has 1 atom stereocenters. The standard InChI is InChI=1S/C14H20N2O4/c1-9-5-10(6-12(13(9)15)14(18)19-2)16-3-4-20-8-11(16)7-17/h5-6,11,17H,3-4,7-8,15H2,1-2H3. The van der Waals surface area contributed by atoms with Gasteiger partial charge in [-0.2, -0.15) is 0 Å². The van der Waals surface area contributed by atoms with E-state index in [1.165, 1.54) is 7.11 Å². The largest absolute Gasteiger partial charge is 0.465 e. The Labute approximate surface area is 118 Å². The molecule has 1 heterocycles. The maximum Gasteiger partial charge on any atom is 0.340 e. The third-order valence-corrected chi connectivity index (χ3v) is 3.55. The van der Waals surface area contributed by atoms with E-state index in [1.807, 2.05) is 17.9 Å². The molecular weight excluding hydrogens is 260 g/mol. The fourth-order valence-corrected chi connectivity index (χ4v) is 2.37. The first-order valence-electron chi connectivity index (χ1n) is 6.52. The van der Waals surface area contributed by atoms with E-state index < -0.39 is 5.97 Å². The second-order valence-corrected chi connectivity index (χ2v) is 4.82. The number of hydrogen-bond acceptors (Lipinski definition) is 6. The van der Waals surface area contributed by atoms with Crippen molar-refractivity contribution in [1.29, 1.82) is 0 Å². The molecule has 20 heavy (non-hydrogen) atoms. The molecule has 0 spiro atoms. The highest BCUT2D eigenvalue weighted by Gasteiger charge is 2.24. The Morgan fingerprint density at radius 1 is 1.60 bits per heavy atom. The molecule has 110 valence electrons. The summed E-state index contributed by atoms with van der Waals surface area (Å²) in [5.74, 6) is -0.457. The maximum absolute atomic E-state index is 11.8. The number of aliphatic hydroxyl groups excluding tert-OH is 1. The van der Waals surface area contributed by atoms with Crippen LogP contribution in [0.5, 0.6) is 0 Å². The maximum atomic E-state index is 11.8. The van der Waals surface area contributed by atoms with E-state index in [0.29, 0.717) is 31.0 Å². The van der Waals surface area contributed by atoms with Gasteiger partial charge in [-0.1, -0.05) is 0 Å². The summed E-state index contributed by atoms with van der Waals surface area (Å²) in [7, 11) is 1.33. The summed E-state index contributed by atoms with van der Waals surface area (Å²) in [6.07, 6.45) is 0. The summed E-state index contributed by atoms with van der Waals surface area (Å²) in [5, 5.41) is 9.43. The van der Waals surface area contributed by atoms with E-state index in [1.54, 1.807) is 6.07 Å². The molecule has 0 amide bonds. The van der Waals surface area contributed by atoms with Crippen LogP contribution in [0.3, 0.4) is 0 Å². The van der Waals surface area contributed by atoms with Gasteiger partial charge in [0.05, 0.1) is 38.5 Å². The van der Waals surface area contributed by atoms with Crippen LogP contribution < -0.4 is 10.6 Å². The number of ether oxygens (including phenoxy) is 2. The number of carbonyl (C=O) groups is 1. The van der Waals surface area contributed by atoms with Gasteiger partial charge < -0.3 is 25.2 Å². The van der Waals surface area contributed by atoms with E-state index in [-0.39, 0.29) is 12.6 Å². The minimum absolute atomic E-state index is 0.00299. The summed E-state index contributed by atoms with van der Waals surface area (Å²) in [6, 6.07) is 3.51. The van der Waals surface area contributed by atoms with Crippen molar-refractivity contribution in [3.63, 3.8) is 0 Å². The predicted molar refractivity (Wildman–Crippen MR) is 76.0 cm³/mol. The van der Waals surface area contributed by atoms with Gasteiger partial charge in [0.25, 0.3) is 0 Å². The number of nitrogens with zero attached hydrogens (tertiary/aromatic N) is 1. The molecule has 1 saturated heterocycles. The van der Waals surface area contributed by atoms with Crippen LogP contribution in [0, 0.1) is 6.92 Å². The highest BCUT2D eigenvalue weighted by atomic mass is 16.5. The SMILES string of the molecule is COC(=O)c1cc(N2CCOCC2CO)cc(C)c1N. The number of benzene rings is 1. The molecule has 1 fully saturated rings. The number of esters is 1. The molecular formula is C14H20N2O4. The van der Waals surface area contributed by atoms with Crippen molar-refractivity contribution in [3.05, 3.63) is 23.3 Å². The molecule has 0 saturated carbocycles. The second-order valence-electron chi connectivity index (χ2n) is 4.82. The molecule has 0 radical (unpaired) electrons. The number of aryl methyl sites for hydroxylation is 1. The average Bonchev–Trinajstić information content (AvgIpc) is 2.49. The lowest BCUT2D eigenvalue weighted by Crippen LogP contribution is -2.47. The summed E-state index contributed by atoms with van der Waals surface area (Å²) < 4.78 is 10.1. The third-order valence-electron chi connectivity index (χ3n) is 3.55. The van der Waals surface area contributed by atoms with Gasteiger partial charge in [-0.3, -0.25) is 0 Å². The van der Waals surface area contributed by atoms with Crippen LogP contribution in [0.15, 0.2) is 12.1 Å². The van der Waals surface area contributed by atoms with Gasteiger partial charge in [0, 0.05) is 17.9 Å². The lowest BCUT2D eigenvalue weighted by atomic mass is 10.0. The van der Waals surface area contributed by atoms with Crippen LogP contribution in [0.1, 0.15) is 15.9 Å². The summed E-state index contributed by atoms with van der Waals surface area (Å²) in [5.41, 5.74) is 8.37. The van der Waals surface area contributed by atoms with Gasteiger partial charge in [0.2, 0.25) is 0 Å². The number of aliphatic hydroxyl groups is 1. The lowest BCUT2D eigenvalue weighted by molar-refractivity contribution is 0.0601. The smallest absolute Gasteiger partial charge is 0.340 e. The average molecular weight is 280 g/mol. The molecule has 3 N–H and O–H groups in total.